The zero-order valence-electron chi connectivity index (χ0n) is 18.3. The van der Waals surface area contributed by atoms with Crippen LogP contribution in [0.1, 0.15) is 65.5 Å². The number of aromatic hydroxyl groups is 1. The Morgan fingerprint density at radius 1 is 1.06 bits per heavy atom. The van der Waals surface area contributed by atoms with Crippen molar-refractivity contribution in [2.45, 2.75) is 39.0 Å². The zero-order valence-corrected chi connectivity index (χ0v) is 18.3. The molecule has 1 unspecified atom stereocenters. The second kappa shape index (κ2) is 10.4. The Morgan fingerprint density at radius 3 is 2.48 bits per heavy atom. The summed E-state index contributed by atoms with van der Waals surface area (Å²) in [4.78, 5) is 35.3. The van der Waals surface area contributed by atoms with Crippen molar-refractivity contribution in [1.82, 2.24) is 10.9 Å². The highest BCUT2D eigenvalue weighted by Gasteiger charge is 2.22. The first-order valence-electron chi connectivity index (χ1n) is 10.6. The van der Waals surface area contributed by atoms with Crippen LogP contribution in [0, 0.1) is 10.1 Å². The minimum absolute atomic E-state index is 0.0331. The Bertz CT molecular complexity index is 1170. The van der Waals surface area contributed by atoms with Crippen LogP contribution in [-0.4, -0.2) is 21.8 Å². The number of carbonyl (C=O) groups excluding carboxylic acids is 2. The lowest BCUT2D eigenvalue weighted by molar-refractivity contribution is -0.385. The molecule has 0 aliphatic heterocycles. The number of carbonyl (C=O) groups is 2. The molecule has 172 valence electrons. The molecule has 0 saturated heterocycles. The standard InChI is InChI=1S/C24H25N3O6/c1-3-7-15(4-2)17-8-5-6-9-18(17)19-12-13-33-22(19)24(30)26-25-23(29)16-10-11-21(28)20(14-16)27(31)32/h5-6,8-15,28H,3-4,7H2,1-2H3,(H,25,29)(H,26,30). The summed E-state index contributed by atoms with van der Waals surface area (Å²) in [6.07, 6.45) is 4.42. The fourth-order valence-electron chi connectivity index (χ4n) is 3.78. The van der Waals surface area contributed by atoms with Crippen molar-refractivity contribution >= 4 is 17.5 Å². The van der Waals surface area contributed by atoms with E-state index in [4.69, 9.17) is 4.42 Å². The van der Waals surface area contributed by atoms with Crippen LogP contribution in [0.5, 0.6) is 5.75 Å². The van der Waals surface area contributed by atoms with E-state index in [1.165, 1.54) is 12.3 Å². The van der Waals surface area contributed by atoms with Gasteiger partial charge in [-0.15, -0.1) is 0 Å². The molecule has 0 bridgehead atoms. The van der Waals surface area contributed by atoms with Gasteiger partial charge in [0.2, 0.25) is 5.76 Å². The molecule has 2 amide bonds. The SMILES string of the molecule is CCCC(CC)c1ccccc1-c1ccoc1C(=O)NNC(=O)c1ccc(O)c([N+](=O)[O-])c1. The predicted molar refractivity (Wildman–Crippen MR) is 122 cm³/mol. The van der Waals surface area contributed by atoms with E-state index < -0.39 is 28.2 Å². The second-order valence-corrected chi connectivity index (χ2v) is 7.51. The van der Waals surface area contributed by atoms with Crippen LogP contribution < -0.4 is 10.9 Å². The monoisotopic (exact) mass is 451 g/mol. The average molecular weight is 451 g/mol. The van der Waals surface area contributed by atoms with Crippen molar-refractivity contribution in [3.05, 3.63) is 81.8 Å². The number of benzene rings is 2. The molecule has 33 heavy (non-hydrogen) atoms. The first-order chi connectivity index (χ1) is 15.9. The molecule has 0 fully saturated rings. The minimum atomic E-state index is -0.806. The number of nitrogens with one attached hydrogen (secondary N) is 2. The molecular formula is C24H25N3O6. The second-order valence-electron chi connectivity index (χ2n) is 7.51. The van der Waals surface area contributed by atoms with Gasteiger partial charge in [-0.25, -0.2) is 0 Å². The van der Waals surface area contributed by atoms with Gasteiger partial charge in [-0.3, -0.25) is 30.6 Å². The van der Waals surface area contributed by atoms with Gasteiger partial charge < -0.3 is 9.52 Å². The van der Waals surface area contributed by atoms with Gasteiger partial charge in [0.15, 0.2) is 5.75 Å². The normalized spacial score (nSPS) is 11.6. The van der Waals surface area contributed by atoms with E-state index in [0.717, 1.165) is 42.5 Å². The maximum absolute atomic E-state index is 12.8. The van der Waals surface area contributed by atoms with Crippen LogP contribution in [-0.2, 0) is 0 Å². The molecule has 9 nitrogen and oxygen atoms in total. The van der Waals surface area contributed by atoms with E-state index in [2.05, 4.69) is 24.7 Å². The number of phenols is 1. The van der Waals surface area contributed by atoms with Gasteiger partial charge in [0.25, 0.3) is 5.91 Å². The van der Waals surface area contributed by atoms with Crippen LogP contribution in [0.3, 0.4) is 0 Å². The maximum Gasteiger partial charge on any atom is 0.311 e. The molecule has 1 heterocycles. The summed E-state index contributed by atoms with van der Waals surface area (Å²) in [5, 5.41) is 20.5. The molecular weight excluding hydrogens is 426 g/mol. The van der Waals surface area contributed by atoms with Gasteiger partial charge in [0, 0.05) is 17.2 Å². The smallest absolute Gasteiger partial charge is 0.311 e. The van der Waals surface area contributed by atoms with Crippen molar-refractivity contribution in [3.8, 4) is 16.9 Å². The Kier molecular flexibility index (Phi) is 7.45. The first-order valence-corrected chi connectivity index (χ1v) is 10.6. The lowest BCUT2D eigenvalue weighted by atomic mass is 9.86. The number of nitro groups is 1. The number of nitrogens with zero attached hydrogens (tertiary/aromatic N) is 1. The van der Waals surface area contributed by atoms with Crippen LogP contribution >= 0.6 is 0 Å². The number of rotatable bonds is 8. The Morgan fingerprint density at radius 2 is 1.79 bits per heavy atom. The maximum atomic E-state index is 12.8. The highest BCUT2D eigenvalue weighted by molar-refractivity contribution is 6.01. The number of phenolic OH excluding ortho intramolecular Hbond substituents is 1. The summed E-state index contributed by atoms with van der Waals surface area (Å²) in [5.74, 6) is -1.65. The van der Waals surface area contributed by atoms with E-state index in [-0.39, 0.29) is 11.3 Å². The molecule has 2 aromatic carbocycles. The summed E-state index contributed by atoms with van der Waals surface area (Å²) in [6, 6.07) is 12.7. The van der Waals surface area contributed by atoms with Crippen molar-refractivity contribution in [2.75, 3.05) is 0 Å². The first kappa shape index (κ1) is 23.5. The fourth-order valence-corrected chi connectivity index (χ4v) is 3.78. The number of furan rings is 1. The van der Waals surface area contributed by atoms with Crippen LogP contribution in [0.4, 0.5) is 5.69 Å². The van der Waals surface area contributed by atoms with Gasteiger partial charge in [-0.05, 0) is 48.1 Å². The lowest BCUT2D eigenvalue weighted by Crippen LogP contribution is -2.41. The molecule has 1 atom stereocenters. The van der Waals surface area contributed by atoms with Gasteiger partial charge in [-0.2, -0.15) is 0 Å². The topological polar surface area (TPSA) is 135 Å². The highest BCUT2D eigenvalue weighted by atomic mass is 16.6. The van der Waals surface area contributed by atoms with Gasteiger partial charge in [0.1, 0.15) is 0 Å². The van der Waals surface area contributed by atoms with E-state index in [0.29, 0.717) is 11.5 Å². The van der Waals surface area contributed by atoms with E-state index in [9.17, 15) is 24.8 Å². The molecule has 0 aliphatic rings. The van der Waals surface area contributed by atoms with Crippen molar-refractivity contribution in [3.63, 3.8) is 0 Å². The fraction of sp³-hybridized carbons (Fsp3) is 0.250. The van der Waals surface area contributed by atoms with Crippen molar-refractivity contribution in [1.29, 1.82) is 0 Å². The molecule has 3 rings (SSSR count). The Labute approximate surface area is 190 Å². The largest absolute Gasteiger partial charge is 0.502 e. The van der Waals surface area contributed by atoms with Crippen LogP contribution in [0.15, 0.2) is 59.2 Å². The average Bonchev–Trinajstić information content (AvgIpc) is 3.31. The lowest BCUT2D eigenvalue weighted by Gasteiger charge is -2.18. The number of hydrazine groups is 1. The summed E-state index contributed by atoms with van der Waals surface area (Å²) in [6.45, 7) is 4.26. The Balaban J connectivity index is 1.80. The molecule has 0 spiro atoms. The molecule has 3 aromatic rings. The van der Waals surface area contributed by atoms with Crippen LogP contribution in [0.25, 0.3) is 11.1 Å². The molecule has 0 radical (unpaired) electrons. The van der Waals surface area contributed by atoms with E-state index in [1.807, 2.05) is 24.3 Å². The summed E-state index contributed by atoms with van der Waals surface area (Å²) < 4.78 is 5.43. The molecule has 3 N–H and O–H groups in total. The van der Waals surface area contributed by atoms with Gasteiger partial charge in [-0.1, -0.05) is 44.5 Å². The highest BCUT2D eigenvalue weighted by Crippen LogP contribution is 2.35. The van der Waals surface area contributed by atoms with Crippen molar-refractivity contribution < 1.29 is 24.0 Å². The summed E-state index contributed by atoms with van der Waals surface area (Å²) in [7, 11) is 0. The number of nitro benzene ring substituents is 1. The quantitative estimate of drug-likeness (QED) is 0.328. The van der Waals surface area contributed by atoms with Crippen LogP contribution in [0.2, 0.25) is 0 Å². The zero-order chi connectivity index (χ0) is 24.0. The van der Waals surface area contributed by atoms with E-state index >= 15 is 0 Å². The molecule has 0 aliphatic carbocycles. The third-order valence-corrected chi connectivity index (χ3v) is 5.42. The summed E-state index contributed by atoms with van der Waals surface area (Å²) in [5.41, 5.74) is 6.39. The molecule has 9 heteroatoms. The van der Waals surface area contributed by atoms with Crippen molar-refractivity contribution in [2.24, 2.45) is 0 Å². The van der Waals surface area contributed by atoms with E-state index in [1.54, 1.807) is 6.07 Å². The van der Waals surface area contributed by atoms with Gasteiger partial charge >= 0.3 is 11.6 Å². The molecule has 1 aromatic heterocycles. The van der Waals surface area contributed by atoms with Gasteiger partial charge in [0.05, 0.1) is 11.2 Å². The Hall–Kier alpha value is -4.14. The predicted octanol–water partition coefficient (Wildman–Crippen LogP) is 4.93. The number of hydrogen-bond donors (Lipinski definition) is 3. The summed E-state index contributed by atoms with van der Waals surface area (Å²) >= 11 is 0. The molecule has 0 saturated carbocycles. The minimum Gasteiger partial charge on any atom is -0.502 e. The third-order valence-electron chi connectivity index (χ3n) is 5.42. The number of amides is 2. The third kappa shape index (κ3) is 5.20. The number of hydrogen-bond acceptors (Lipinski definition) is 6.